The number of nitrogens with zero attached hydrogens (tertiary/aromatic N) is 1. The van der Waals surface area contributed by atoms with Gasteiger partial charge >= 0.3 is 0 Å². The number of hydrogen-bond donors (Lipinski definition) is 1. The molecule has 0 amide bonds. The second kappa shape index (κ2) is 5.51. The first-order chi connectivity index (χ1) is 13.2. The number of ether oxygens (including phenoxy) is 5. The normalized spacial score (nSPS) is 27.6. The fourth-order valence-corrected chi connectivity index (χ4v) is 4.60. The highest BCUT2D eigenvalue weighted by Crippen LogP contribution is 2.54. The molecule has 6 rings (SSSR count). The van der Waals surface area contributed by atoms with Crippen molar-refractivity contribution in [3.05, 3.63) is 46.5 Å². The highest BCUT2D eigenvalue weighted by Gasteiger charge is 2.44. The van der Waals surface area contributed by atoms with E-state index in [0.29, 0.717) is 17.1 Å². The number of benzene rings is 2. The number of fused-ring (bicyclic) bond motifs is 5. The Kier molecular flexibility index (Phi) is 3.18. The molecule has 0 saturated heterocycles. The highest BCUT2D eigenvalue weighted by molar-refractivity contribution is 5.56. The fraction of sp³-hybridized carbons (Fsp3) is 0.400. The molecule has 0 spiro atoms. The summed E-state index contributed by atoms with van der Waals surface area (Å²) in [6.45, 7) is 1.32. The van der Waals surface area contributed by atoms with Crippen LogP contribution in [0.2, 0.25) is 0 Å². The van der Waals surface area contributed by atoms with Crippen molar-refractivity contribution in [1.29, 1.82) is 0 Å². The molecule has 0 unspecified atom stereocenters. The maximum absolute atomic E-state index is 10.6. The van der Waals surface area contributed by atoms with Crippen LogP contribution >= 0.6 is 0 Å². The molecule has 7 heteroatoms. The summed E-state index contributed by atoms with van der Waals surface area (Å²) in [6.07, 6.45) is -0.411. The summed E-state index contributed by atoms with van der Waals surface area (Å²) in [5.41, 5.74) is 4.00. The summed E-state index contributed by atoms with van der Waals surface area (Å²) in [5, 5.41) is 10.6. The molecule has 0 bridgehead atoms. The monoisotopic (exact) mass is 369 g/mol. The van der Waals surface area contributed by atoms with Crippen molar-refractivity contribution in [3.8, 4) is 23.0 Å². The van der Waals surface area contributed by atoms with Gasteiger partial charge in [-0.25, -0.2) is 0 Å². The molecule has 2 aromatic carbocycles. The molecule has 4 aliphatic heterocycles. The molecule has 4 aliphatic rings. The van der Waals surface area contributed by atoms with E-state index in [2.05, 4.69) is 24.1 Å². The van der Waals surface area contributed by atoms with Gasteiger partial charge in [0.05, 0.1) is 11.6 Å². The van der Waals surface area contributed by atoms with E-state index in [1.165, 1.54) is 5.56 Å². The van der Waals surface area contributed by atoms with E-state index in [1.54, 1.807) is 0 Å². The molecule has 0 fully saturated rings. The molecular weight excluding hydrogens is 350 g/mol. The van der Waals surface area contributed by atoms with Gasteiger partial charge in [0.2, 0.25) is 13.6 Å². The van der Waals surface area contributed by atoms with E-state index < -0.39 is 6.29 Å². The van der Waals surface area contributed by atoms with Crippen molar-refractivity contribution in [2.24, 2.45) is 0 Å². The van der Waals surface area contributed by atoms with E-state index in [0.717, 1.165) is 35.6 Å². The van der Waals surface area contributed by atoms with Crippen LogP contribution in [0.4, 0.5) is 0 Å². The third-order valence-corrected chi connectivity index (χ3v) is 5.89. The van der Waals surface area contributed by atoms with E-state index >= 15 is 0 Å². The lowest BCUT2D eigenvalue weighted by Crippen LogP contribution is -2.35. The van der Waals surface area contributed by atoms with Gasteiger partial charge in [-0.05, 0) is 48.4 Å². The van der Waals surface area contributed by atoms with E-state index in [-0.39, 0.29) is 25.7 Å². The summed E-state index contributed by atoms with van der Waals surface area (Å²) in [6, 6.07) is 7.94. The van der Waals surface area contributed by atoms with Gasteiger partial charge in [0.1, 0.15) is 6.10 Å². The van der Waals surface area contributed by atoms with Crippen molar-refractivity contribution in [1.82, 2.24) is 4.90 Å². The van der Waals surface area contributed by atoms with Gasteiger partial charge in [-0.15, -0.1) is 0 Å². The molecule has 0 aromatic heterocycles. The van der Waals surface area contributed by atoms with Crippen LogP contribution in [0.3, 0.4) is 0 Å². The highest BCUT2D eigenvalue weighted by atomic mass is 16.7. The summed E-state index contributed by atoms with van der Waals surface area (Å²) >= 11 is 0. The average Bonchev–Trinajstić information content (AvgIpc) is 3.38. The Bertz CT molecular complexity index is 945. The van der Waals surface area contributed by atoms with Crippen LogP contribution in [0.1, 0.15) is 40.7 Å². The van der Waals surface area contributed by atoms with Crippen LogP contribution in [0, 0.1) is 0 Å². The first-order valence-corrected chi connectivity index (χ1v) is 9.09. The predicted molar refractivity (Wildman–Crippen MR) is 93.0 cm³/mol. The average molecular weight is 369 g/mol. The van der Waals surface area contributed by atoms with Gasteiger partial charge in [0.25, 0.3) is 0 Å². The van der Waals surface area contributed by atoms with E-state index in [4.69, 9.17) is 23.7 Å². The topological polar surface area (TPSA) is 69.6 Å². The molecule has 0 saturated carbocycles. The predicted octanol–water partition coefficient (Wildman–Crippen LogP) is 2.44. The van der Waals surface area contributed by atoms with Gasteiger partial charge in [-0.1, -0.05) is 6.07 Å². The van der Waals surface area contributed by atoms with Crippen molar-refractivity contribution in [2.75, 3.05) is 27.2 Å². The van der Waals surface area contributed by atoms with Crippen molar-refractivity contribution < 1.29 is 28.8 Å². The zero-order valence-electron chi connectivity index (χ0n) is 14.8. The second-order valence-electron chi connectivity index (χ2n) is 7.29. The van der Waals surface area contributed by atoms with Crippen molar-refractivity contribution in [2.45, 2.75) is 24.9 Å². The minimum Gasteiger partial charge on any atom is -0.454 e. The zero-order chi connectivity index (χ0) is 18.1. The fourth-order valence-electron chi connectivity index (χ4n) is 4.60. The van der Waals surface area contributed by atoms with Gasteiger partial charge in [-0.2, -0.15) is 0 Å². The molecule has 1 N–H and O–H groups in total. The molecule has 27 heavy (non-hydrogen) atoms. The van der Waals surface area contributed by atoms with Crippen LogP contribution < -0.4 is 18.9 Å². The lowest BCUT2D eigenvalue weighted by molar-refractivity contribution is -0.142. The SMILES string of the molecule is CN1CCc2cc3c(cc2[C@@H]1[C@@H]1O[C@@H](O)c2c1ccc1c2OCO1)OCO3. The van der Waals surface area contributed by atoms with Crippen molar-refractivity contribution >= 4 is 0 Å². The smallest absolute Gasteiger partial charge is 0.231 e. The Morgan fingerprint density at radius 2 is 1.74 bits per heavy atom. The Morgan fingerprint density at radius 1 is 0.963 bits per heavy atom. The maximum atomic E-state index is 10.6. The molecule has 7 nitrogen and oxygen atoms in total. The van der Waals surface area contributed by atoms with Crippen LogP contribution in [-0.2, 0) is 11.2 Å². The van der Waals surface area contributed by atoms with E-state index in [9.17, 15) is 5.11 Å². The maximum Gasteiger partial charge on any atom is 0.231 e. The molecule has 2 aromatic rings. The Morgan fingerprint density at radius 3 is 2.63 bits per heavy atom. The third-order valence-electron chi connectivity index (χ3n) is 5.89. The Hall–Kier alpha value is -2.48. The van der Waals surface area contributed by atoms with Gasteiger partial charge in [0.15, 0.2) is 29.3 Å². The first kappa shape index (κ1) is 15.6. The third kappa shape index (κ3) is 2.13. The quantitative estimate of drug-likeness (QED) is 0.828. The van der Waals surface area contributed by atoms with Crippen LogP contribution in [0.15, 0.2) is 24.3 Å². The number of hydrogen-bond acceptors (Lipinski definition) is 7. The molecular formula is C20H19NO6. The van der Waals surface area contributed by atoms with E-state index in [1.807, 2.05) is 12.1 Å². The van der Waals surface area contributed by atoms with Crippen molar-refractivity contribution in [3.63, 3.8) is 0 Å². The second-order valence-corrected chi connectivity index (χ2v) is 7.29. The summed E-state index contributed by atoms with van der Waals surface area (Å²) in [5.74, 6) is 2.80. The molecule has 3 atom stereocenters. The van der Waals surface area contributed by atoms with Gasteiger partial charge < -0.3 is 28.8 Å². The van der Waals surface area contributed by atoms with Crippen LogP contribution in [0.25, 0.3) is 0 Å². The minimum absolute atomic E-state index is 0.0421. The standard InChI is InChI=1S/C20H19NO6/c1-21-5-4-10-6-14-15(25-8-24-14)7-12(10)17(21)18-11-2-3-13-19(26-9-23-13)16(11)20(22)27-18/h2-3,6-7,17-18,20,22H,4-5,8-9H2,1H3/t17-,18-,20-/m1/s1. The number of likely N-dealkylation sites (N-methyl/N-ethyl adjacent to an activating group) is 1. The molecule has 0 aliphatic carbocycles. The first-order valence-electron chi connectivity index (χ1n) is 9.09. The lowest BCUT2D eigenvalue weighted by atomic mass is 9.86. The van der Waals surface area contributed by atoms with Crippen LogP contribution in [-0.4, -0.2) is 37.2 Å². The lowest BCUT2D eigenvalue weighted by Gasteiger charge is -2.38. The molecule has 140 valence electrons. The largest absolute Gasteiger partial charge is 0.454 e. The Balaban J connectivity index is 1.48. The molecule has 0 radical (unpaired) electrons. The van der Waals surface area contributed by atoms with Crippen LogP contribution in [0.5, 0.6) is 23.0 Å². The molecule has 4 heterocycles. The number of aliphatic hydroxyl groups excluding tert-OH is 1. The van der Waals surface area contributed by atoms with Gasteiger partial charge in [-0.3, -0.25) is 4.90 Å². The number of aliphatic hydroxyl groups is 1. The summed E-state index contributed by atoms with van der Waals surface area (Å²) in [4.78, 5) is 2.27. The Labute approximate surface area is 156 Å². The zero-order valence-corrected chi connectivity index (χ0v) is 14.8. The summed E-state index contributed by atoms with van der Waals surface area (Å²) in [7, 11) is 2.08. The number of rotatable bonds is 1. The summed E-state index contributed by atoms with van der Waals surface area (Å²) < 4.78 is 28.2. The van der Waals surface area contributed by atoms with Gasteiger partial charge in [0, 0.05) is 6.54 Å². The minimum atomic E-state index is -1.03.